The quantitative estimate of drug-likeness (QED) is 0.215. The molecular weight excluding hydrogens is 411 g/mol. The number of carbonyl (C=O) groups excluding carboxylic acids is 1. The predicted octanol–water partition coefficient (Wildman–Crippen LogP) is 6.06. The SMILES string of the molecule is CCOc1cc(C=NNc2ccccc2)ccc1OC(=O)c1ccc(Cl)cc1Cl. The molecule has 0 aromatic heterocycles. The second-order valence-corrected chi connectivity index (χ2v) is 6.73. The molecule has 0 spiro atoms. The molecule has 1 N–H and O–H groups in total. The Morgan fingerprint density at radius 3 is 2.55 bits per heavy atom. The lowest BCUT2D eigenvalue weighted by Gasteiger charge is -2.12. The molecule has 5 nitrogen and oxygen atoms in total. The van der Waals surface area contributed by atoms with Crippen LogP contribution < -0.4 is 14.9 Å². The molecule has 0 unspecified atom stereocenters. The lowest BCUT2D eigenvalue weighted by atomic mass is 10.2. The Morgan fingerprint density at radius 2 is 1.83 bits per heavy atom. The van der Waals surface area contributed by atoms with E-state index in [0.29, 0.717) is 17.4 Å². The fourth-order valence-electron chi connectivity index (χ4n) is 2.46. The molecule has 3 rings (SSSR count). The Morgan fingerprint density at radius 1 is 1.03 bits per heavy atom. The Kier molecular flexibility index (Phi) is 7.11. The summed E-state index contributed by atoms with van der Waals surface area (Å²) in [5, 5.41) is 4.86. The summed E-state index contributed by atoms with van der Waals surface area (Å²) in [6, 6.07) is 19.3. The molecular formula is C22H18Cl2N2O3. The molecule has 3 aromatic carbocycles. The summed E-state index contributed by atoms with van der Waals surface area (Å²) in [4.78, 5) is 12.5. The zero-order valence-electron chi connectivity index (χ0n) is 15.6. The van der Waals surface area contributed by atoms with Crippen molar-refractivity contribution in [3.8, 4) is 11.5 Å². The molecule has 148 valence electrons. The number of esters is 1. The summed E-state index contributed by atoms with van der Waals surface area (Å²) in [6.07, 6.45) is 1.65. The summed E-state index contributed by atoms with van der Waals surface area (Å²) >= 11 is 12.0. The van der Waals surface area contributed by atoms with Gasteiger partial charge >= 0.3 is 5.97 Å². The van der Waals surface area contributed by atoms with Gasteiger partial charge in [0.05, 0.1) is 29.1 Å². The van der Waals surface area contributed by atoms with E-state index < -0.39 is 5.97 Å². The highest BCUT2D eigenvalue weighted by atomic mass is 35.5. The number of hydrogen-bond acceptors (Lipinski definition) is 5. The Bertz CT molecular complexity index is 1020. The first kappa shape index (κ1) is 20.7. The number of benzene rings is 3. The van der Waals surface area contributed by atoms with Gasteiger partial charge in [-0.15, -0.1) is 0 Å². The second-order valence-electron chi connectivity index (χ2n) is 5.89. The maximum atomic E-state index is 12.5. The van der Waals surface area contributed by atoms with Crippen LogP contribution in [0.25, 0.3) is 0 Å². The normalized spacial score (nSPS) is 10.7. The fraction of sp³-hybridized carbons (Fsp3) is 0.0909. The summed E-state index contributed by atoms with van der Waals surface area (Å²) in [7, 11) is 0. The van der Waals surface area contributed by atoms with Crippen LogP contribution in [0, 0.1) is 0 Å². The first-order valence-corrected chi connectivity index (χ1v) is 9.60. The van der Waals surface area contributed by atoms with Crippen LogP contribution in [0.1, 0.15) is 22.8 Å². The number of para-hydroxylation sites is 1. The Balaban J connectivity index is 1.76. The molecule has 0 aliphatic rings. The van der Waals surface area contributed by atoms with Crippen molar-refractivity contribution in [3.05, 3.63) is 87.9 Å². The lowest BCUT2D eigenvalue weighted by Crippen LogP contribution is -2.10. The van der Waals surface area contributed by atoms with E-state index in [0.717, 1.165) is 11.3 Å². The van der Waals surface area contributed by atoms with Gasteiger partial charge in [0.15, 0.2) is 11.5 Å². The molecule has 0 amide bonds. The van der Waals surface area contributed by atoms with Crippen LogP contribution in [-0.4, -0.2) is 18.8 Å². The predicted molar refractivity (Wildman–Crippen MR) is 117 cm³/mol. The third-order valence-electron chi connectivity index (χ3n) is 3.80. The molecule has 0 saturated carbocycles. The first-order valence-electron chi connectivity index (χ1n) is 8.85. The summed E-state index contributed by atoms with van der Waals surface area (Å²) in [5.41, 5.74) is 4.81. The maximum absolute atomic E-state index is 12.5. The number of hydrogen-bond donors (Lipinski definition) is 1. The van der Waals surface area contributed by atoms with Crippen molar-refractivity contribution in [1.82, 2.24) is 0 Å². The molecule has 0 aliphatic heterocycles. The van der Waals surface area contributed by atoms with Crippen LogP contribution in [0.2, 0.25) is 10.0 Å². The molecule has 0 bridgehead atoms. The van der Waals surface area contributed by atoms with Crippen molar-refractivity contribution in [2.75, 3.05) is 12.0 Å². The Hall–Kier alpha value is -3.02. The zero-order valence-corrected chi connectivity index (χ0v) is 17.1. The minimum absolute atomic E-state index is 0.219. The largest absolute Gasteiger partial charge is 0.490 e. The first-order chi connectivity index (χ1) is 14.1. The van der Waals surface area contributed by atoms with E-state index in [1.807, 2.05) is 37.3 Å². The van der Waals surface area contributed by atoms with Gasteiger partial charge in [-0.1, -0.05) is 41.4 Å². The van der Waals surface area contributed by atoms with Crippen molar-refractivity contribution >= 4 is 41.1 Å². The summed E-state index contributed by atoms with van der Waals surface area (Å²) < 4.78 is 11.1. The number of nitrogens with one attached hydrogen (secondary N) is 1. The van der Waals surface area contributed by atoms with E-state index in [2.05, 4.69) is 10.5 Å². The highest BCUT2D eigenvalue weighted by molar-refractivity contribution is 6.36. The van der Waals surface area contributed by atoms with Crippen LogP contribution in [0.3, 0.4) is 0 Å². The monoisotopic (exact) mass is 428 g/mol. The molecule has 0 saturated heterocycles. The molecule has 29 heavy (non-hydrogen) atoms. The smallest absolute Gasteiger partial charge is 0.345 e. The van der Waals surface area contributed by atoms with Crippen molar-refractivity contribution in [2.45, 2.75) is 6.92 Å². The average Bonchev–Trinajstić information content (AvgIpc) is 2.71. The van der Waals surface area contributed by atoms with Gasteiger partial charge in [-0.3, -0.25) is 5.43 Å². The van der Waals surface area contributed by atoms with E-state index in [4.69, 9.17) is 32.7 Å². The van der Waals surface area contributed by atoms with E-state index in [9.17, 15) is 4.79 Å². The van der Waals surface area contributed by atoms with Crippen LogP contribution in [-0.2, 0) is 0 Å². The number of rotatable bonds is 7. The van der Waals surface area contributed by atoms with E-state index >= 15 is 0 Å². The van der Waals surface area contributed by atoms with E-state index in [1.54, 1.807) is 30.5 Å². The second kappa shape index (κ2) is 9.96. The van der Waals surface area contributed by atoms with Gasteiger partial charge in [0.25, 0.3) is 0 Å². The third kappa shape index (κ3) is 5.73. The maximum Gasteiger partial charge on any atom is 0.345 e. The van der Waals surface area contributed by atoms with E-state index in [-0.39, 0.29) is 16.3 Å². The van der Waals surface area contributed by atoms with Crippen LogP contribution in [0.15, 0.2) is 71.8 Å². The van der Waals surface area contributed by atoms with Gasteiger partial charge in [0.1, 0.15) is 0 Å². The van der Waals surface area contributed by atoms with Crippen molar-refractivity contribution in [1.29, 1.82) is 0 Å². The highest BCUT2D eigenvalue weighted by Gasteiger charge is 2.16. The number of halogens is 2. The molecule has 0 aliphatic carbocycles. The lowest BCUT2D eigenvalue weighted by molar-refractivity contribution is 0.0728. The Labute approximate surface area is 178 Å². The summed E-state index contributed by atoms with van der Waals surface area (Å²) in [6.45, 7) is 2.26. The minimum Gasteiger partial charge on any atom is -0.490 e. The van der Waals surface area contributed by atoms with Gasteiger partial charge in [0.2, 0.25) is 0 Å². The number of carbonyl (C=O) groups is 1. The van der Waals surface area contributed by atoms with Crippen molar-refractivity contribution < 1.29 is 14.3 Å². The van der Waals surface area contributed by atoms with Gasteiger partial charge < -0.3 is 9.47 Å². The number of hydrazone groups is 1. The van der Waals surface area contributed by atoms with Gasteiger partial charge in [0, 0.05) is 5.02 Å². The average molecular weight is 429 g/mol. The molecule has 0 heterocycles. The van der Waals surface area contributed by atoms with Gasteiger partial charge in [-0.2, -0.15) is 5.10 Å². The highest BCUT2D eigenvalue weighted by Crippen LogP contribution is 2.30. The van der Waals surface area contributed by atoms with Gasteiger partial charge in [-0.25, -0.2) is 4.79 Å². The molecule has 0 atom stereocenters. The van der Waals surface area contributed by atoms with Crippen LogP contribution in [0.5, 0.6) is 11.5 Å². The summed E-state index contributed by atoms with van der Waals surface area (Å²) in [5.74, 6) is 0.116. The molecule has 0 radical (unpaired) electrons. The molecule has 0 fully saturated rings. The molecule has 3 aromatic rings. The van der Waals surface area contributed by atoms with Crippen molar-refractivity contribution in [2.24, 2.45) is 5.10 Å². The number of anilines is 1. The molecule has 7 heteroatoms. The number of ether oxygens (including phenoxy) is 2. The standard InChI is InChI=1S/C22H18Cl2N2O3/c1-2-28-21-12-15(14-25-26-17-6-4-3-5-7-17)8-11-20(21)29-22(27)18-10-9-16(23)13-19(18)24/h3-14,26H,2H2,1H3. The third-order valence-corrected chi connectivity index (χ3v) is 4.35. The van der Waals surface area contributed by atoms with E-state index in [1.165, 1.54) is 12.1 Å². The minimum atomic E-state index is -0.597. The van der Waals surface area contributed by atoms with Crippen LogP contribution >= 0.6 is 23.2 Å². The van der Waals surface area contributed by atoms with Crippen LogP contribution in [0.4, 0.5) is 5.69 Å². The topological polar surface area (TPSA) is 59.9 Å². The van der Waals surface area contributed by atoms with Gasteiger partial charge in [-0.05, 0) is 61.0 Å². The fourth-order valence-corrected chi connectivity index (χ4v) is 2.95. The number of nitrogens with zero attached hydrogens (tertiary/aromatic N) is 1. The zero-order chi connectivity index (χ0) is 20.6. The van der Waals surface area contributed by atoms with Crippen molar-refractivity contribution in [3.63, 3.8) is 0 Å².